The van der Waals surface area contributed by atoms with Crippen molar-refractivity contribution in [2.24, 2.45) is 0 Å². The number of carboxylic acid groups (broad SMARTS) is 1. The highest BCUT2D eigenvalue weighted by molar-refractivity contribution is 5.75. The number of carboxylic acids is 1. The Hall–Kier alpha value is -1.91. The molecule has 0 aromatic heterocycles. The highest BCUT2D eigenvalue weighted by atomic mass is 19.1. The second-order valence-corrected chi connectivity index (χ2v) is 2.52. The van der Waals surface area contributed by atoms with E-state index in [0.29, 0.717) is 6.29 Å². The fourth-order valence-electron chi connectivity index (χ4n) is 0.881. The molecule has 0 saturated heterocycles. The Kier molecular flexibility index (Phi) is 3.17. The molecular weight excluding hydrogens is 191 g/mol. The minimum Gasteiger partial charge on any atom is -0.482 e. The van der Waals surface area contributed by atoms with E-state index in [4.69, 9.17) is 9.84 Å². The van der Waals surface area contributed by atoms with Crippen molar-refractivity contribution in [2.45, 2.75) is 0 Å². The van der Waals surface area contributed by atoms with E-state index < -0.39 is 18.4 Å². The first-order valence-electron chi connectivity index (χ1n) is 3.72. The van der Waals surface area contributed by atoms with Gasteiger partial charge in [-0.15, -0.1) is 0 Å². The third-order valence-corrected chi connectivity index (χ3v) is 1.39. The molecule has 1 rings (SSSR count). The third kappa shape index (κ3) is 2.85. The van der Waals surface area contributed by atoms with Crippen LogP contribution in [-0.4, -0.2) is 24.0 Å². The number of hydrogen-bond acceptors (Lipinski definition) is 3. The van der Waals surface area contributed by atoms with E-state index in [1.165, 1.54) is 6.07 Å². The van der Waals surface area contributed by atoms with Gasteiger partial charge in [0.2, 0.25) is 0 Å². The van der Waals surface area contributed by atoms with Gasteiger partial charge in [-0.2, -0.15) is 0 Å². The third-order valence-electron chi connectivity index (χ3n) is 1.39. The average Bonchev–Trinajstić information content (AvgIpc) is 2.14. The molecule has 0 spiro atoms. The molecule has 0 heterocycles. The van der Waals surface area contributed by atoms with E-state index in [1.807, 2.05) is 0 Å². The SMILES string of the molecule is O=Cc1cc(F)cc(OCC(=O)O)c1. The Morgan fingerprint density at radius 2 is 2.21 bits per heavy atom. The van der Waals surface area contributed by atoms with Crippen LogP contribution in [0.1, 0.15) is 10.4 Å². The fourth-order valence-corrected chi connectivity index (χ4v) is 0.881. The maximum absolute atomic E-state index is 12.8. The summed E-state index contributed by atoms with van der Waals surface area (Å²) in [5.74, 6) is -1.79. The second kappa shape index (κ2) is 4.36. The second-order valence-electron chi connectivity index (χ2n) is 2.52. The van der Waals surface area contributed by atoms with Gasteiger partial charge in [0.25, 0.3) is 0 Å². The van der Waals surface area contributed by atoms with Crippen molar-refractivity contribution in [1.29, 1.82) is 0 Å². The molecule has 0 aliphatic heterocycles. The Balaban J connectivity index is 2.81. The highest BCUT2D eigenvalue weighted by Gasteiger charge is 2.03. The van der Waals surface area contributed by atoms with Gasteiger partial charge in [-0.05, 0) is 12.1 Å². The lowest BCUT2D eigenvalue weighted by Crippen LogP contribution is -2.09. The summed E-state index contributed by atoms with van der Waals surface area (Å²) in [6.07, 6.45) is 0.455. The molecule has 4 nitrogen and oxygen atoms in total. The standard InChI is InChI=1S/C9H7FO4/c10-7-1-6(4-11)2-8(3-7)14-5-9(12)13/h1-4H,5H2,(H,12,13). The Bertz CT molecular complexity index is 362. The number of ether oxygens (including phenoxy) is 1. The largest absolute Gasteiger partial charge is 0.482 e. The summed E-state index contributed by atoms with van der Waals surface area (Å²) in [5.41, 5.74) is 0.102. The first-order valence-corrected chi connectivity index (χ1v) is 3.72. The molecule has 0 atom stereocenters. The van der Waals surface area contributed by atoms with E-state index in [0.717, 1.165) is 12.1 Å². The lowest BCUT2D eigenvalue weighted by molar-refractivity contribution is -0.139. The van der Waals surface area contributed by atoms with Gasteiger partial charge in [-0.1, -0.05) is 0 Å². The summed E-state index contributed by atoms with van der Waals surface area (Å²) in [5, 5.41) is 8.28. The molecule has 14 heavy (non-hydrogen) atoms. The summed E-state index contributed by atoms with van der Waals surface area (Å²) in [6.45, 7) is -0.568. The van der Waals surface area contributed by atoms with Gasteiger partial charge in [0.05, 0.1) is 0 Å². The fraction of sp³-hybridized carbons (Fsp3) is 0.111. The van der Waals surface area contributed by atoms with Crippen LogP contribution >= 0.6 is 0 Å². The normalized spacial score (nSPS) is 9.50. The molecule has 0 aliphatic rings. The molecule has 0 fully saturated rings. The average molecular weight is 198 g/mol. The van der Waals surface area contributed by atoms with Gasteiger partial charge in [0.1, 0.15) is 17.9 Å². The molecule has 1 aromatic rings. The molecule has 0 bridgehead atoms. The lowest BCUT2D eigenvalue weighted by Gasteiger charge is -2.03. The number of carbonyl (C=O) groups excluding carboxylic acids is 1. The van der Waals surface area contributed by atoms with E-state index in [9.17, 15) is 14.0 Å². The molecule has 0 saturated carbocycles. The van der Waals surface area contributed by atoms with Crippen LogP contribution in [0.25, 0.3) is 0 Å². The van der Waals surface area contributed by atoms with Crippen LogP contribution in [0.5, 0.6) is 5.75 Å². The number of halogens is 1. The molecule has 0 radical (unpaired) electrons. The molecule has 5 heteroatoms. The Labute approximate surface area is 78.9 Å². The van der Waals surface area contributed by atoms with E-state index in [-0.39, 0.29) is 11.3 Å². The molecule has 1 N–H and O–H groups in total. The van der Waals surface area contributed by atoms with Gasteiger partial charge >= 0.3 is 5.97 Å². The number of aliphatic carboxylic acids is 1. The Morgan fingerprint density at radius 1 is 1.50 bits per heavy atom. The lowest BCUT2D eigenvalue weighted by atomic mass is 10.2. The summed E-state index contributed by atoms with van der Waals surface area (Å²) in [6, 6.07) is 3.30. The molecular formula is C9H7FO4. The van der Waals surface area contributed by atoms with Crippen molar-refractivity contribution in [3.63, 3.8) is 0 Å². The van der Waals surface area contributed by atoms with Gasteiger partial charge in [-0.3, -0.25) is 4.79 Å². The van der Waals surface area contributed by atoms with Crippen LogP contribution in [0.15, 0.2) is 18.2 Å². The van der Waals surface area contributed by atoms with Crippen molar-refractivity contribution < 1.29 is 23.8 Å². The zero-order valence-corrected chi connectivity index (χ0v) is 7.07. The number of rotatable bonds is 4. The maximum atomic E-state index is 12.8. The first-order chi connectivity index (χ1) is 6.61. The van der Waals surface area contributed by atoms with Crippen molar-refractivity contribution in [3.8, 4) is 5.75 Å². The maximum Gasteiger partial charge on any atom is 0.341 e. The van der Waals surface area contributed by atoms with Crippen molar-refractivity contribution in [3.05, 3.63) is 29.6 Å². The zero-order chi connectivity index (χ0) is 10.6. The van der Waals surface area contributed by atoms with Crippen LogP contribution in [0.2, 0.25) is 0 Å². The number of carbonyl (C=O) groups is 2. The molecule has 0 amide bonds. The quantitative estimate of drug-likeness (QED) is 0.736. The van der Waals surface area contributed by atoms with Crippen LogP contribution in [0.4, 0.5) is 4.39 Å². The summed E-state index contributed by atoms with van der Waals surface area (Å²) >= 11 is 0. The smallest absolute Gasteiger partial charge is 0.341 e. The summed E-state index contributed by atoms with van der Waals surface area (Å²) < 4.78 is 17.4. The van der Waals surface area contributed by atoms with Gasteiger partial charge in [0.15, 0.2) is 6.61 Å². The van der Waals surface area contributed by atoms with Crippen molar-refractivity contribution in [1.82, 2.24) is 0 Å². The summed E-state index contributed by atoms with van der Waals surface area (Å²) in [7, 11) is 0. The van der Waals surface area contributed by atoms with E-state index >= 15 is 0 Å². The minimum absolute atomic E-state index is 0.0227. The van der Waals surface area contributed by atoms with E-state index in [1.54, 1.807) is 0 Å². The highest BCUT2D eigenvalue weighted by Crippen LogP contribution is 2.15. The molecule has 0 unspecified atom stereocenters. The number of aldehydes is 1. The minimum atomic E-state index is -1.16. The van der Waals surface area contributed by atoms with Crippen molar-refractivity contribution in [2.75, 3.05) is 6.61 Å². The molecule has 0 aliphatic carbocycles. The summed E-state index contributed by atoms with van der Waals surface area (Å²) in [4.78, 5) is 20.4. The predicted molar refractivity (Wildman–Crippen MR) is 44.9 cm³/mol. The first kappa shape index (κ1) is 10.2. The topological polar surface area (TPSA) is 63.6 Å². The zero-order valence-electron chi connectivity index (χ0n) is 7.07. The van der Waals surface area contributed by atoms with E-state index in [2.05, 4.69) is 0 Å². The number of hydrogen-bond donors (Lipinski definition) is 1. The molecule has 1 aromatic carbocycles. The molecule has 74 valence electrons. The van der Waals surface area contributed by atoms with Gasteiger partial charge in [-0.25, -0.2) is 9.18 Å². The predicted octanol–water partition coefficient (Wildman–Crippen LogP) is 1.10. The van der Waals surface area contributed by atoms with Gasteiger partial charge < -0.3 is 9.84 Å². The monoisotopic (exact) mass is 198 g/mol. The van der Waals surface area contributed by atoms with Crippen LogP contribution < -0.4 is 4.74 Å². The van der Waals surface area contributed by atoms with Gasteiger partial charge in [0, 0.05) is 11.6 Å². The number of benzene rings is 1. The van der Waals surface area contributed by atoms with Crippen LogP contribution in [0, 0.1) is 5.82 Å². The Morgan fingerprint density at radius 3 is 2.79 bits per heavy atom. The van der Waals surface area contributed by atoms with Crippen molar-refractivity contribution >= 4 is 12.3 Å². The van der Waals surface area contributed by atoms with Crippen LogP contribution in [0.3, 0.4) is 0 Å². The van der Waals surface area contributed by atoms with Crippen LogP contribution in [-0.2, 0) is 4.79 Å².